The highest BCUT2D eigenvalue weighted by Gasteiger charge is 2.20. The summed E-state index contributed by atoms with van der Waals surface area (Å²) < 4.78 is 0. The Hall–Kier alpha value is -2.75. The quantitative estimate of drug-likeness (QED) is 0.350. The van der Waals surface area contributed by atoms with Crippen molar-refractivity contribution >= 4 is 46.4 Å². The van der Waals surface area contributed by atoms with Gasteiger partial charge in [0.15, 0.2) is 5.78 Å². The summed E-state index contributed by atoms with van der Waals surface area (Å²) in [4.78, 5) is 17.0. The fourth-order valence-corrected chi connectivity index (χ4v) is 4.03. The first kappa shape index (κ1) is 20.5. The Morgan fingerprint density at radius 2 is 1.43 bits per heavy atom. The molecule has 5 heteroatoms. The number of hydrogen-bond donors (Lipinski definition) is 0. The molecular weight excluding hydrogens is 415 g/mol. The van der Waals surface area contributed by atoms with Gasteiger partial charge in [-0.05, 0) is 48.0 Å². The molecule has 0 radical (unpaired) electrons. The van der Waals surface area contributed by atoms with Crippen LogP contribution in [0.5, 0.6) is 0 Å². The molecule has 1 fully saturated rings. The summed E-state index contributed by atoms with van der Waals surface area (Å²) in [6, 6.07) is 23.4. The topological polar surface area (TPSA) is 23.6 Å². The van der Waals surface area contributed by atoms with Gasteiger partial charge in [-0.3, -0.25) is 4.79 Å². The standard InChI is InChI=1S/C25H22Cl2N2O/c26-22-7-4-8-23(25(22)27)29-17-15-28(16-18-29)21-12-10-20(11-13-21)24(30)14-9-19-5-2-1-3-6-19/h1-14H,15-18H2/b14-9+. The van der Waals surface area contributed by atoms with Crippen molar-refractivity contribution in [1.29, 1.82) is 0 Å². The molecule has 152 valence electrons. The number of ketones is 1. The molecule has 0 spiro atoms. The summed E-state index contributed by atoms with van der Waals surface area (Å²) in [7, 11) is 0. The lowest BCUT2D eigenvalue weighted by Crippen LogP contribution is -2.46. The minimum absolute atomic E-state index is 0.00539. The lowest BCUT2D eigenvalue weighted by atomic mass is 10.1. The van der Waals surface area contributed by atoms with E-state index in [9.17, 15) is 4.79 Å². The van der Waals surface area contributed by atoms with Gasteiger partial charge in [0.1, 0.15) is 0 Å². The molecule has 1 saturated heterocycles. The molecule has 30 heavy (non-hydrogen) atoms. The van der Waals surface area contributed by atoms with Gasteiger partial charge >= 0.3 is 0 Å². The molecule has 0 unspecified atom stereocenters. The molecule has 3 aromatic carbocycles. The van der Waals surface area contributed by atoms with E-state index in [1.165, 1.54) is 0 Å². The lowest BCUT2D eigenvalue weighted by Gasteiger charge is -2.37. The Morgan fingerprint density at radius 3 is 2.13 bits per heavy atom. The van der Waals surface area contributed by atoms with Crippen molar-refractivity contribution in [2.75, 3.05) is 36.0 Å². The second kappa shape index (κ2) is 9.38. The molecule has 0 N–H and O–H groups in total. The Balaban J connectivity index is 1.37. The third-order valence-corrected chi connectivity index (χ3v) is 6.10. The number of allylic oxidation sites excluding steroid dienone is 1. The van der Waals surface area contributed by atoms with E-state index in [1.54, 1.807) is 6.08 Å². The lowest BCUT2D eigenvalue weighted by molar-refractivity contribution is 0.104. The van der Waals surface area contributed by atoms with Crippen LogP contribution in [0.1, 0.15) is 15.9 Å². The van der Waals surface area contributed by atoms with E-state index in [0.29, 0.717) is 15.6 Å². The zero-order valence-corrected chi connectivity index (χ0v) is 18.0. The number of nitrogens with zero attached hydrogens (tertiary/aromatic N) is 2. The normalized spacial score (nSPS) is 14.3. The molecule has 0 saturated carbocycles. The molecule has 3 nitrogen and oxygen atoms in total. The van der Waals surface area contributed by atoms with Crippen LogP contribution in [0, 0.1) is 0 Å². The van der Waals surface area contributed by atoms with Gasteiger partial charge in [0.2, 0.25) is 0 Å². The van der Waals surface area contributed by atoms with Gasteiger partial charge in [-0.25, -0.2) is 0 Å². The summed E-state index contributed by atoms with van der Waals surface area (Å²) in [5.41, 5.74) is 3.81. The summed E-state index contributed by atoms with van der Waals surface area (Å²) in [6.45, 7) is 3.48. The zero-order chi connectivity index (χ0) is 20.9. The molecule has 1 heterocycles. The van der Waals surface area contributed by atoms with Gasteiger partial charge in [-0.15, -0.1) is 0 Å². The number of piperazine rings is 1. The van der Waals surface area contributed by atoms with Crippen LogP contribution in [-0.2, 0) is 0 Å². The van der Waals surface area contributed by atoms with E-state index in [2.05, 4.69) is 9.80 Å². The molecular formula is C25H22Cl2N2O. The van der Waals surface area contributed by atoms with Crippen molar-refractivity contribution in [3.63, 3.8) is 0 Å². The summed E-state index contributed by atoms with van der Waals surface area (Å²) in [5.74, 6) is 0.00539. The maximum atomic E-state index is 12.4. The van der Waals surface area contributed by atoms with Gasteiger partial charge in [-0.2, -0.15) is 0 Å². The van der Waals surface area contributed by atoms with Gasteiger partial charge in [0.25, 0.3) is 0 Å². The van der Waals surface area contributed by atoms with Crippen molar-refractivity contribution in [3.05, 3.63) is 100 Å². The van der Waals surface area contributed by atoms with Crippen molar-refractivity contribution in [2.45, 2.75) is 0 Å². The van der Waals surface area contributed by atoms with Crippen molar-refractivity contribution in [1.82, 2.24) is 0 Å². The second-order valence-corrected chi connectivity index (χ2v) is 7.99. The third kappa shape index (κ3) is 4.69. The molecule has 4 rings (SSSR count). The molecule has 1 aliphatic rings. The Labute approximate surface area is 187 Å². The van der Waals surface area contributed by atoms with Crippen molar-refractivity contribution in [2.24, 2.45) is 0 Å². The van der Waals surface area contributed by atoms with Gasteiger partial charge < -0.3 is 9.80 Å². The van der Waals surface area contributed by atoms with E-state index < -0.39 is 0 Å². The van der Waals surface area contributed by atoms with Crippen LogP contribution in [0.2, 0.25) is 10.0 Å². The number of carbonyl (C=O) groups excluding carboxylic acids is 1. The predicted octanol–water partition coefficient (Wildman–Crippen LogP) is 6.22. The smallest absolute Gasteiger partial charge is 0.185 e. The highest BCUT2D eigenvalue weighted by molar-refractivity contribution is 6.43. The maximum Gasteiger partial charge on any atom is 0.185 e. The second-order valence-electron chi connectivity index (χ2n) is 7.20. The zero-order valence-electron chi connectivity index (χ0n) is 16.5. The van der Waals surface area contributed by atoms with Crippen LogP contribution < -0.4 is 9.80 Å². The number of hydrogen-bond acceptors (Lipinski definition) is 3. The molecule has 0 atom stereocenters. The average Bonchev–Trinajstić information content (AvgIpc) is 2.80. The van der Waals surface area contributed by atoms with Crippen LogP contribution in [-0.4, -0.2) is 32.0 Å². The van der Waals surface area contributed by atoms with Crippen LogP contribution in [0.4, 0.5) is 11.4 Å². The van der Waals surface area contributed by atoms with Crippen LogP contribution in [0.3, 0.4) is 0 Å². The fourth-order valence-electron chi connectivity index (χ4n) is 3.61. The van der Waals surface area contributed by atoms with E-state index in [4.69, 9.17) is 23.2 Å². The highest BCUT2D eigenvalue weighted by atomic mass is 35.5. The minimum atomic E-state index is 0.00539. The number of halogens is 2. The largest absolute Gasteiger partial charge is 0.368 e. The fraction of sp³-hybridized carbons (Fsp3) is 0.160. The first-order valence-electron chi connectivity index (χ1n) is 9.93. The highest BCUT2D eigenvalue weighted by Crippen LogP contribution is 2.33. The average molecular weight is 437 g/mol. The summed E-state index contributed by atoms with van der Waals surface area (Å²) in [6.07, 6.45) is 3.47. The van der Waals surface area contributed by atoms with Crippen molar-refractivity contribution in [3.8, 4) is 0 Å². The van der Waals surface area contributed by atoms with Crippen LogP contribution in [0.25, 0.3) is 6.08 Å². The van der Waals surface area contributed by atoms with Crippen LogP contribution in [0.15, 0.2) is 78.9 Å². The first-order valence-corrected chi connectivity index (χ1v) is 10.7. The van der Waals surface area contributed by atoms with E-state index >= 15 is 0 Å². The number of anilines is 2. The number of rotatable bonds is 5. The van der Waals surface area contributed by atoms with Gasteiger partial charge in [0, 0.05) is 37.4 Å². The molecule has 0 amide bonds. The SMILES string of the molecule is O=C(/C=C/c1ccccc1)c1ccc(N2CCN(c3cccc(Cl)c3Cl)CC2)cc1. The Kier molecular flexibility index (Phi) is 6.41. The predicted molar refractivity (Wildman–Crippen MR) is 127 cm³/mol. The summed E-state index contributed by atoms with van der Waals surface area (Å²) >= 11 is 12.5. The maximum absolute atomic E-state index is 12.4. The van der Waals surface area contributed by atoms with E-state index in [-0.39, 0.29) is 5.78 Å². The molecule has 1 aliphatic heterocycles. The molecule has 0 bridgehead atoms. The van der Waals surface area contributed by atoms with Gasteiger partial charge in [-0.1, -0.05) is 65.7 Å². The minimum Gasteiger partial charge on any atom is -0.368 e. The molecule has 3 aromatic rings. The van der Waals surface area contributed by atoms with Crippen LogP contribution >= 0.6 is 23.2 Å². The Morgan fingerprint density at radius 1 is 0.767 bits per heavy atom. The Bertz CT molecular complexity index is 1040. The van der Waals surface area contributed by atoms with Gasteiger partial charge in [0.05, 0.1) is 15.7 Å². The number of carbonyl (C=O) groups is 1. The molecule has 0 aliphatic carbocycles. The van der Waals surface area contributed by atoms with E-state index in [1.807, 2.05) is 78.9 Å². The summed E-state index contributed by atoms with van der Waals surface area (Å²) in [5, 5.41) is 1.19. The van der Waals surface area contributed by atoms with Crippen molar-refractivity contribution < 1.29 is 4.79 Å². The third-order valence-electron chi connectivity index (χ3n) is 5.30. The van der Waals surface area contributed by atoms with E-state index in [0.717, 1.165) is 43.1 Å². The number of benzene rings is 3. The monoisotopic (exact) mass is 436 g/mol. The molecule has 0 aromatic heterocycles. The first-order chi connectivity index (χ1) is 14.6.